The van der Waals surface area contributed by atoms with Gasteiger partial charge in [0, 0.05) is 20.3 Å². The summed E-state index contributed by atoms with van der Waals surface area (Å²) in [6, 6.07) is 11.8. The van der Waals surface area contributed by atoms with Gasteiger partial charge in [0.05, 0.1) is 0 Å². The largest absolute Gasteiger partial charge is 0.471 e. The van der Waals surface area contributed by atoms with Crippen LogP contribution in [0.25, 0.3) is 0 Å². The topological polar surface area (TPSA) is 97.8 Å². The summed E-state index contributed by atoms with van der Waals surface area (Å²) in [6.45, 7) is 4.53. The predicted octanol–water partition coefficient (Wildman–Crippen LogP) is 7.64. The summed E-state index contributed by atoms with van der Waals surface area (Å²) >= 11 is 0. The Morgan fingerprint density at radius 1 is 0.609 bits per heavy atom. The maximum absolute atomic E-state index is 14.9. The van der Waals surface area contributed by atoms with Crippen molar-refractivity contribution in [2.24, 2.45) is 0 Å². The van der Waals surface area contributed by atoms with Crippen LogP contribution >= 0.6 is 10.2 Å². The van der Waals surface area contributed by atoms with Crippen molar-refractivity contribution >= 4 is 36.2 Å². The molecule has 0 bridgehead atoms. The number of nitrogens with zero attached hydrogens (tertiary/aromatic N) is 1. The number of hydrogen-bond donors (Lipinski definition) is 0. The Morgan fingerprint density at radius 3 is 1.24 bits per heavy atom. The molecule has 0 amide bonds. The molecule has 20 heteroatoms. The zero-order chi connectivity index (χ0) is 35.1. The smallest absolute Gasteiger partial charge is 0.423 e. The van der Waals surface area contributed by atoms with E-state index in [1.54, 1.807) is 0 Å². The molecule has 0 spiro atoms. The van der Waals surface area contributed by atoms with Gasteiger partial charge in [-0.15, -0.1) is 0 Å². The molecule has 0 unspecified atom stereocenters. The molecule has 0 saturated carbocycles. The molecule has 0 radical (unpaired) electrons. The molecule has 3 aromatic rings. The fourth-order valence-corrected chi connectivity index (χ4v) is 13.7. The Hall–Kier alpha value is -3.62. The number of carbonyl (C=O) groups excluding carboxylic acids is 1. The van der Waals surface area contributed by atoms with Crippen LogP contribution in [0.3, 0.4) is 0 Å². The highest BCUT2D eigenvalue weighted by Gasteiger charge is 2.78. The van der Waals surface area contributed by atoms with Gasteiger partial charge < -0.3 is 4.74 Å². The first-order valence-corrected chi connectivity index (χ1v) is 16.5. The van der Waals surface area contributed by atoms with Gasteiger partial charge in [0.1, 0.15) is 5.75 Å². The summed E-state index contributed by atoms with van der Waals surface area (Å²) in [5, 5.41) is -14.5. The van der Waals surface area contributed by atoms with E-state index in [2.05, 4.69) is 6.58 Å². The summed E-state index contributed by atoms with van der Waals surface area (Å²) in [7, 11) is -21.6. The predicted molar refractivity (Wildman–Crippen MR) is 144 cm³/mol. The number of hydrogen-bond acceptors (Lipinski definition) is 6. The van der Waals surface area contributed by atoms with Crippen LogP contribution in [0.15, 0.2) is 112 Å². The minimum absolute atomic E-state index is 0.162. The van der Waals surface area contributed by atoms with Crippen molar-refractivity contribution in [2.45, 2.75) is 44.5 Å². The molecule has 0 aliphatic carbocycles. The van der Waals surface area contributed by atoms with Gasteiger partial charge in [-0.3, -0.25) is 0 Å². The first-order valence-electron chi connectivity index (χ1n) is 12.0. The van der Waals surface area contributed by atoms with Gasteiger partial charge in [-0.25, -0.2) is 21.6 Å². The average molecular weight is 728 g/mol. The van der Waals surface area contributed by atoms with Crippen LogP contribution in [0.1, 0.15) is 6.92 Å². The second kappa shape index (κ2) is 12.2. The first kappa shape index (κ1) is 36.8. The molecule has 0 saturated heterocycles. The summed E-state index contributed by atoms with van der Waals surface area (Å²) in [5.41, 5.74) is -0.162. The van der Waals surface area contributed by atoms with E-state index < -0.39 is 82.6 Å². The maximum Gasteiger partial charge on any atom is 0.471 e. The van der Waals surface area contributed by atoms with Crippen LogP contribution in [0, 0.1) is 0 Å². The molecule has 46 heavy (non-hydrogen) atoms. The molecule has 0 aromatic heterocycles. The molecule has 252 valence electrons. The summed E-state index contributed by atoms with van der Waals surface area (Å²) < 4.78 is 198. The number of rotatable bonds is 10. The standard InChI is InChI=1S/C26H19F10NO6S3/c1-17(2)22(38)43-18-13-15-21(16-14-18)44(19-9-5-3-6-10-19,20-11-7-4-8-12-20)37(45(39,40)25(33,34)23(27,28)29)46(41,42)26(35,36)24(30,31)32/h3-16H,1H2,2H3. The van der Waals surface area contributed by atoms with E-state index in [9.17, 15) is 65.5 Å². The highest BCUT2D eigenvalue weighted by Crippen LogP contribution is 2.74. The number of esters is 1. The minimum atomic E-state index is -8.15. The average Bonchev–Trinajstić information content (AvgIpc) is 2.95. The third-order valence-corrected chi connectivity index (χ3v) is 15.4. The zero-order valence-electron chi connectivity index (χ0n) is 22.7. The molecule has 0 atom stereocenters. The van der Waals surface area contributed by atoms with E-state index >= 15 is 0 Å². The molecule has 7 nitrogen and oxygen atoms in total. The van der Waals surface area contributed by atoms with Crippen LogP contribution in [0.4, 0.5) is 43.9 Å². The fraction of sp³-hybridized carbons (Fsp3) is 0.192. The van der Waals surface area contributed by atoms with Crippen LogP contribution in [0.2, 0.25) is 0 Å². The lowest BCUT2D eigenvalue weighted by Gasteiger charge is -2.48. The van der Waals surface area contributed by atoms with E-state index in [0.717, 1.165) is 72.8 Å². The number of carbonyl (C=O) groups is 1. The van der Waals surface area contributed by atoms with E-state index in [-0.39, 0.29) is 5.57 Å². The second-order valence-electron chi connectivity index (χ2n) is 9.05. The number of sulfonamides is 2. The Morgan fingerprint density at radius 2 is 0.935 bits per heavy atom. The third kappa shape index (κ3) is 5.97. The number of alkyl halides is 10. The lowest BCUT2D eigenvalue weighted by molar-refractivity contribution is -0.243. The van der Waals surface area contributed by atoms with Crippen molar-refractivity contribution in [3.63, 3.8) is 0 Å². The van der Waals surface area contributed by atoms with Gasteiger partial charge in [-0.2, -0.15) is 43.9 Å². The molecular formula is C26H19F10NO6S3. The van der Waals surface area contributed by atoms with Crippen LogP contribution in [-0.4, -0.2) is 48.8 Å². The minimum Gasteiger partial charge on any atom is -0.423 e. The molecule has 0 aliphatic heterocycles. The van der Waals surface area contributed by atoms with Gasteiger partial charge in [0.25, 0.3) is 0 Å². The highest BCUT2D eigenvalue weighted by atomic mass is 32.4. The fourth-order valence-electron chi connectivity index (χ4n) is 3.70. The lowest BCUT2D eigenvalue weighted by atomic mass is 10.3. The van der Waals surface area contributed by atoms with E-state index in [4.69, 9.17) is 4.74 Å². The monoisotopic (exact) mass is 727 g/mol. The number of benzene rings is 3. The van der Waals surface area contributed by atoms with Gasteiger partial charge >= 0.3 is 48.9 Å². The maximum atomic E-state index is 14.9. The zero-order valence-corrected chi connectivity index (χ0v) is 25.1. The highest BCUT2D eigenvalue weighted by molar-refractivity contribution is 8.41. The van der Waals surface area contributed by atoms with E-state index in [0.29, 0.717) is 12.1 Å². The molecule has 0 N–H and O–H groups in total. The number of ether oxygens (including phenoxy) is 1. The molecule has 0 fully saturated rings. The van der Waals surface area contributed by atoms with Crippen LogP contribution in [-0.2, 0) is 24.8 Å². The van der Waals surface area contributed by atoms with Crippen molar-refractivity contribution < 1.29 is 70.3 Å². The van der Waals surface area contributed by atoms with Crippen molar-refractivity contribution in [2.75, 3.05) is 0 Å². The van der Waals surface area contributed by atoms with Crippen molar-refractivity contribution in [1.29, 1.82) is 0 Å². The first-order chi connectivity index (χ1) is 20.9. The third-order valence-electron chi connectivity index (χ3n) is 5.82. The Bertz CT molecular complexity index is 1720. The SMILES string of the molecule is C=C(C)C(=O)Oc1ccc(S(c2ccccc2)(c2ccccc2)N(S(=O)(=O)C(F)(F)C(F)(F)F)S(=O)(=O)C(F)(F)C(F)(F)F)cc1. The second-order valence-corrected chi connectivity index (χ2v) is 16.3. The number of halogens is 10. The van der Waals surface area contributed by atoms with Gasteiger partial charge in [0.15, 0.2) is 0 Å². The summed E-state index contributed by atoms with van der Waals surface area (Å²) in [4.78, 5) is 9.20. The Labute approximate surface area is 256 Å². The van der Waals surface area contributed by atoms with Crippen molar-refractivity contribution in [3.05, 3.63) is 97.1 Å². The lowest BCUT2D eigenvalue weighted by Crippen LogP contribution is -2.59. The summed E-state index contributed by atoms with van der Waals surface area (Å²) in [6.07, 6.45) is -14.5. The van der Waals surface area contributed by atoms with Gasteiger partial charge in [-0.05, 0) is 58.6 Å². The summed E-state index contributed by atoms with van der Waals surface area (Å²) in [5.74, 6) is -1.50. The van der Waals surface area contributed by atoms with E-state index in [1.165, 1.54) is 6.92 Å². The Balaban J connectivity index is 2.71. The van der Waals surface area contributed by atoms with Crippen molar-refractivity contribution in [3.8, 4) is 5.75 Å². The molecule has 0 aliphatic rings. The van der Waals surface area contributed by atoms with Crippen molar-refractivity contribution in [1.82, 2.24) is 3.12 Å². The quantitative estimate of drug-likeness (QED) is 0.0923. The van der Waals surface area contributed by atoms with Gasteiger partial charge in [-0.1, -0.05) is 53.2 Å². The molecule has 3 aromatic carbocycles. The van der Waals surface area contributed by atoms with Gasteiger partial charge in [0.2, 0.25) is 0 Å². The molecule has 3 rings (SSSR count). The van der Waals surface area contributed by atoms with Crippen LogP contribution in [0.5, 0.6) is 5.75 Å². The normalized spacial score (nSPS) is 14.2. The van der Waals surface area contributed by atoms with E-state index in [1.807, 2.05) is 0 Å². The Kier molecular flexibility index (Phi) is 9.77. The molecule has 0 heterocycles. The molecular weight excluding hydrogens is 708 g/mol. The van der Waals surface area contributed by atoms with Crippen LogP contribution < -0.4 is 4.74 Å².